The minimum absolute atomic E-state index is 0.250. The summed E-state index contributed by atoms with van der Waals surface area (Å²) in [6, 6.07) is 0. The zero-order chi connectivity index (χ0) is 9.82. The predicted octanol–water partition coefficient (Wildman–Crippen LogP) is 2.02. The van der Waals surface area contributed by atoms with Gasteiger partial charge in [-0.25, -0.2) is 0 Å². The Morgan fingerprint density at radius 3 is 2.17 bits per heavy atom. The van der Waals surface area contributed by atoms with E-state index in [-0.39, 0.29) is 6.61 Å². The molecule has 74 valence electrons. The van der Waals surface area contributed by atoms with E-state index in [9.17, 15) is 4.79 Å². The van der Waals surface area contributed by atoms with E-state index >= 15 is 0 Å². The van der Waals surface area contributed by atoms with Gasteiger partial charge in [-0.15, -0.1) is 0 Å². The number of unbranched alkanes of at least 4 members (excludes halogenated alkanes) is 2. The first-order valence-corrected chi connectivity index (χ1v) is 5.19. The number of rotatable bonds is 5. The van der Waals surface area contributed by atoms with Gasteiger partial charge in [-0.05, 0) is 19.8 Å². The van der Waals surface area contributed by atoms with Crippen LogP contribution in [0.15, 0.2) is 0 Å². The minimum Gasteiger partial charge on any atom is -0.481 e. The molecular weight excluding hydrogens is 224 g/mol. The molecule has 0 unspecified atom stereocenters. The highest BCUT2D eigenvalue weighted by molar-refractivity contribution is 9.09. The van der Waals surface area contributed by atoms with E-state index in [2.05, 4.69) is 15.9 Å². The highest BCUT2D eigenvalue weighted by Gasteiger charge is 1.94. The second-order valence-electron chi connectivity index (χ2n) is 2.21. The summed E-state index contributed by atoms with van der Waals surface area (Å²) in [7, 11) is 0. The van der Waals surface area contributed by atoms with Crippen molar-refractivity contribution in [1.29, 1.82) is 0 Å². The average molecular weight is 241 g/mol. The van der Waals surface area contributed by atoms with Crippen molar-refractivity contribution in [1.82, 2.24) is 0 Å². The number of alkyl halides is 1. The largest absolute Gasteiger partial charge is 0.481 e. The minimum atomic E-state index is -0.690. The van der Waals surface area contributed by atoms with E-state index < -0.39 is 5.97 Å². The number of aliphatic hydroxyl groups is 1. The molecule has 2 N–H and O–H groups in total. The molecule has 3 nitrogen and oxygen atoms in total. The lowest BCUT2D eigenvalue weighted by Gasteiger charge is -1.92. The number of aliphatic carboxylic acids is 1. The summed E-state index contributed by atoms with van der Waals surface area (Å²) in [5, 5.41) is 16.7. The van der Waals surface area contributed by atoms with E-state index in [0.717, 1.165) is 24.6 Å². The summed E-state index contributed by atoms with van der Waals surface area (Å²) < 4.78 is 0. The fourth-order valence-electron chi connectivity index (χ4n) is 0.547. The van der Waals surface area contributed by atoms with Gasteiger partial charge < -0.3 is 10.2 Å². The van der Waals surface area contributed by atoms with Gasteiger partial charge in [-0.3, -0.25) is 4.79 Å². The Morgan fingerprint density at radius 1 is 1.33 bits per heavy atom. The predicted molar refractivity (Wildman–Crippen MR) is 52.7 cm³/mol. The molecule has 0 aliphatic carbocycles. The van der Waals surface area contributed by atoms with Crippen molar-refractivity contribution in [2.45, 2.75) is 32.6 Å². The molecule has 12 heavy (non-hydrogen) atoms. The Hall–Kier alpha value is -0.0900. The second kappa shape index (κ2) is 13.5. The van der Waals surface area contributed by atoms with Crippen LogP contribution in [0.1, 0.15) is 32.6 Å². The Morgan fingerprint density at radius 2 is 1.83 bits per heavy atom. The SMILES string of the molecule is CCO.O=C(O)CCCCCBr. The molecule has 4 heteroatoms. The van der Waals surface area contributed by atoms with E-state index in [0.29, 0.717) is 6.42 Å². The van der Waals surface area contributed by atoms with Crippen LogP contribution in [-0.2, 0) is 4.79 Å². The lowest BCUT2D eigenvalue weighted by atomic mass is 10.2. The number of carboxylic acid groups (broad SMARTS) is 1. The van der Waals surface area contributed by atoms with Crippen molar-refractivity contribution in [2.24, 2.45) is 0 Å². The van der Waals surface area contributed by atoms with Crippen molar-refractivity contribution >= 4 is 21.9 Å². The van der Waals surface area contributed by atoms with Gasteiger partial charge in [0, 0.05) is 18.4 Å². The van der Waals surface area contributed by atoms with E-state index in [1.54, 1.807) is 6.92 Å². The number of carboxylic acids is 1. The fourth-order valence-corrected chi connectivity index (χ4v) is 0.944. The van der Waals surface area contributed by atoms with Crippen LogP contribution in [0.4, 0.5) is 0 Å². The number of aliphatic hydroxyl groups excluding tert-OH is 1. The van der Waals surface area contributed by atoms with E-state index in [1.807, 2.05) is 0 Å². The van der Waals surface area contributed by atoms with Gasteiger partial charge in [0.15, 0.2) is 0 Å². The van der Waals surface area contributed by atoms with Gasteiger partial charge in [0.05, 0.1) is 0 Å². The van der Waals surface area contributed by atoms with Crippen LogP contribution < -0.4 is 0 Å². The summed E-state index contributed by atoms with van der Waals surface area (Å²) >= 11 is 3.27. The summed E-state index contributed by atoms with van der Waals surface area (Å²) in [5.41, 5.74) is 0. The normalized spacial score (nSPS) is 8.58. The van der Waals surface area contributed by atoms with Crippen molar-refractivity contribution in [3.05, 3.63) is 0 Å². The van der Waals surface area contributed by atoms with Crippen molar-refractivity contribution in [3.63, 3.8) is 0 Å². The topological polar surface area (TPSA) is 57.5 Å². The second-order valence-corrected chi connectivity index (χ2v) is 3.00. The number of halogens is 1. The van der Waals surface area contributed by atoms with E-state index in [4.69, 9.17) is 10.2 Å². The zero-order valence-electron chi connectivity index (χ0n) is 7.42. The molecule has 0 rings (SSSR count). The van der Waals surface area contributed by atoms with Gasteiger partial charge in [-0.1, -0.05) is 22.4 Å². The molecular formula is C8H17BrO3. The Bertz CT molecular complexity index is 96.3. The summed E-state index contributed by atoms with van der Waals surface area (Å²) in [4.78, 5) is 9.95. The molecule has 0 amide bonds. The molecule has 0 saturated carbocycles. The smallest absolute Gasteiger partial charge is 0.303 e. The monoisotopic (exact) mass is 240 g/mol. The molecule has 0 radical (unpaired) electrons. The van der Waals surface area contributed by atoms with Crippen LogP contribution in [0.2, 0.25) is 0 Å². The third-order valence-electron chi connectivity index (χ3n) is 1.02. The van der Waals surface area contributed by atoms with Gasteiger partial charge in [-0.2, -0.15) is 0 Å². The fraction of sp³-hybridized carbons (Fsp3) is 0.875. The molecule has 0 fully saturated rings. The molecule has 0 atom stereocenters. The lowest BCUT2D eigenvalue weighted by Crippen LogP contribution is -1.93. The van der Waals surface area contributed by atoms with Gasteiger partial charge >= 0.3 is 5.97 Å². The quantitative estimate of drug-likeness (QED) is 0.572. The summed E-state index contributed by atoms with van der Waals surface area (Å²) in [6.07, 6.45) is 3.21. The van der Waals surface area contributed by atoms with Gasteiger partial charge in [0.25, 0.3) is 0 Å². The molecule has 0 aliphatic rings. The maximum atomic E-state index is 9.95. The van der Waals surface area contributed by atoms with Crippen LogP contribution in [0.3, 0.4) is 0 Å². The van der Waals surface area contributed by atoms with Crippen LogP contribution in [-0.4, -0.2) is 28.1 Å². The molecule has 0 heterocycles. The maximum absolute atomic E-state index is 9.95. The number of hydrogen-bond acceptors (Lipinski definition) is 2. The first kappa shape index (κ1) is 14.4. The maximum Gasteiger partial charge on any atom is 0.303 e. The van der Waals surface area contributed by atoms with Crippen LogP contribution in [0.5, 0.6) is 0 Å². The molecule has 0 saturated heterocycles. The summed E-state index contributed by atoms with van der Waals surface area (Å²) in [6.45, 7) is 1.93. The molecule has 0 aromatic heterocycles. The van der Waals surface area contributed by atoms with Crippen LogP contribution >= 0.6 is 15.9 Å². The number of carbonyl (C=O) groups is 1. The standard InChI is InChI=1S/C6H11BrO2.C2H6O/c7-5-3-1-2-4-6(8)9;1-2-3/h1-5H2,(H,8,9);3H,2H2,1H3. The first-order valence-electron chi connectivity index (χ1n) is 4.07. The highest BCUT2D eigenvalue weighted by atomic mass is 79.9. The molecule has 0 bridgehead atoms. The number of hydrogen-bond donors (Lipinski definition) is 2. The molecule has 0 aromatic rings. The highest BCUT2D eigenvalue weighted by Crippen LogP contribution is 2.01. The first-order chi connectivity index (χ1) is 5.68. The third kappa shape index (κ3) is 22.5. The van der Waals surface area contributed by atoms with Crippen molar-refractivity contribution in [2.75, 3.05) is 11.9 Å². The van der Waals surface area contributed by atoms with E-state index in [1.165, 1.54) is 0 Å². The summed E-state index contributed by atoms with van der Waals surface area (Å²) in [5.74, 6) is -0.690. The Balaban J connectivity index is 0. The van der Waals surface area contributed by atoms with Gasteiger partial charge in [0.2, 0.25) is 0 Å². The lowest BCUT2D eigenvalue weighted by molar-refractivity contribution is -0.137. The molecule has 0 aromatic carbocycles. The van der Waals surface area contributed by atoms with Crippen molar-refractivity contribution in [3.8, 4) is 0 Å². The third-order valence-corrected chi connectivity index (χ3v) is 1.59. The zero-order valence-corrected chi connectivity index (χ0v) is 9.01. The van der Waals surface area contributed by atoms with Crippen molar-refractivity contribution < 1.29 is 15.0 Å². The van der Waals surface area contributed by atoms with Gasteiger partial charge in [0.1, 0.15) is 0 Å². The Kier molecular flexibility index (Phi) is 16.2. The molecule has 0 aliphatic heterocycles. The van der Waals surface area contributed by atoms with Crippen LogP contribution in [0.25, 0.3) is 0 Å². The Labute approximate surface area is 81.9 Å². The van der Waals surface area contributed by atoms with Crippen LogP contribution in [0, 0.1) is 0 Å². The molecule has 0 spiro atoms. The average Bonchev–Trinajstić information content (AvgIpc) is 1.99.